The van der Waals surface area contributed by atoms with E-state index in [1.54, 1.807) is 43.3 Å². The number of nitrogens with zero attached hydrogens (tertiary/aromatic N) is 1. The quantitative estimate of drug-likeness (QED) is 0.179. The van der Waals surface area contributed by atoms with Gasteiger partial charge in [-0.15, -0.1) is 0 Å². The van der Waals surface area contributed by atoms with Crippen molar-refractivity contribution in [3.05, 3.63) is 97.9 Å². The Morgan fingerprint density at radius 3 is 2.47 bits per heavy atom. The number of hydrogen-bond acceptors (Lipinski definition) is 6. The molecule has 1 heterocycles. The second kappa shape index (κ2) is 11.2. The summed E-state index contributed by atoms with van der Waals surface area (Å²) < 4.78 is 11.2. The van der Waals surface area contributed by atoms with Crippen molar-refractivity contribution in [2.24, 2.45) is 0 Å². The molecule has 0 unspecified atom stereocenters. The lowest BCUT2D eigenvalue weighted by molar-refractivity contribution is -0.123. The maximum atomic E-state index is 13.0. The van der Waals surface area contributed by atoms with E-state index >= 15 is 0 Å². The first-order valence-electron chi connectivity index (χ1n) is 11.0. The van der Waals surface area contributed by atoms with E-state index in [1.165, 1.54) is 11.0 Å². The Balaban J connectivity index is 1.60. The van der Waals surface area contributed by atoms with Crippen LogP contribution >= 0.6 is 35.0 Å². The molecule has 3 aromatic rings. The summed E-state index contributed by atoms with van der Waals surface area (Å²) in [5.41, 5.74) is 2.59. The highest BCUT2D eigenvalue weighted by Gasteiger charge is 2.35. The average molecular weight is 542 g/mol. The van der Waals surface area contributed by atoms with Crippen molar-refractivity contribution in [3.63, 3.8) is 0 Å². The second-order valence-corrected chi connectivity index (χ2v) is 9.63. The first kappa shape index (κ1) is 25.8. The Kier molecular flexibility index (Phi) is 8.04. The van der Waals surface area contributed by atoms with Crippen molar-refractivity contribution in [2.45, 2.75) is 20.4 Å². The summed E-state index contributed by atoms with van der Waals surface area (Å²) in [6.07, 6.45) is 1.57. The summed E-state index contributed by atoms with van der Waals surface area (Å²) in [5.74, 6) is -0.825. The Morgan fingerprint density at radius 1 is 1.03 bits per heavy atom. The number of hydrogen-bond donors (Lipinski definition) is 0. The number of aryl methyl sites for hydroxylation is 1. The minimum Gasteiger partial charge on any atom is -0.490 e. The molecule has 0 N–H and O–H groups in total. The van der Waals surface area contributed by atoms with Gasteiger partial charge in [-0.25, -0.2) is 4.79 Å². The molecule has 0 bridgehead atoms. The number of ether oxygens (including phenoxy) is 2. The lowest BCUT2D eigenvalue weighted by Gasteiger charge is -2.14. The molecule has 1 fully saturated rings. The minimum absolute atomic E-state index is 0.0354. The van der Waals surface area contributed by atoms with Crippen LogP contribution in [0.25, 0.3) is 6.08 Å². The number of amides is 2. The van der Waals surface area contributed by atoms with E-state index < -0.39 is 11.9 Å². The van der Waals surface area contributed by atoms with Gasteiger partial charge in [0.15, 0.2) is 11.5 Å². The lowest BCUT2D eigenvalue weighted by Crippen LogP contribution is -2.27. The third-order valence-electron chi connectivity index (χ3n) is 5.38. The van der Waals surface area contributed by atoms with Crippen molar-refractivity contribution < 1.29 is 23.9 Å². The van der Waals surface area contributed by atoms with Crippen LogP contribution in [0, 0.1) is 6.92 Å². The van der Waals surface area contributed by atoms with Crippen LogP contribution < -0.4 is 9.47 Å². The zero-order valence-electron chi connectivity index (χ0n) is 19.4. The summed E-state index contributed by atoms with van der Waals surface area (Å²) in [7, 11) is 0. The van der Waals surface area contributed by atoms with E-state index in [2.05, 4.69) is 0 Å². The van der Waals surface area contributed by atoms with Gasteiger partial charge in [-0.2, -0.15) is 0 Å². The van der Waals surface area contributed by atoms with Gasteiger partial charge in [-0.3, -0.25) is 14.5 Å². The van der Waals surface area contributed by atoms with Crippen molar-refractivity contribution >= 4 is 58.2 Å². The maximum absolute atomic E-state index is 13.0. The average Bonchev–Trinajstić information content (AvgIpc) is 3.10. The number of rotatable bonds is 7. The van der Waals surface area contributed by atoms with E-state index in [1.807, 2.05) is 31.2 Å². The van der Waals surface area contributed by atoms with E-state index in [-0.39, 0.29) is 50.4 Å². The van der Waals surface area contributed by atoms with Gasteiger partial charge in [0.05, 0.1) is 33.7 Å². The molecule has 1 saturated heterocycles. The van der Waals surface area contributed by atoms with E-state index in [0.29, 0.717) is 5.56 Å². The van der Waals surface area contributed by atoms with Crippen LogP contribution in [0.1, 0.15) is 34.0 Å². The smallest absolute Gasteiger partial charge is 0.345 e. The monoisotopic (exact) mass is 541 g/mol. The van der Waals surface area contributed by atoms with Gasteiger partial charge in [0.1, 0.15) is 0 Å². The lowest BCUT2D eigenvalue weighted by atomic mass is 10.1. The van der Waals surface area contributed by atoms with Crippen molar-refractivity contribution in [1.82, 2.24) is 4.90 Å². The van der Waals surface area contributed by atoms with Gasteiger partial charge in [0.25, 0.3) is 11.1 Å². The molecule has 4 rings (SSSR count). The molecule has 1 aliphatic rings. The van der Waals surface area contributed by atoms with Gasteiger partial charge < -0.3 is 9.47 Å². The summed E-state index contributed by atoms with van der Waals surface area (Å²) >= 11 is 13.4. The second-order valence-electron chi connectivity index (χ2n) is 7.83. The Hall–Kier alpha value is -3.26. The van der Waals surface area contributed by atoms with Gasteiger partial charge in [-0.05, 0) is 72.6 Å². The van der Waals surface area contributed by atoms with Crippen LogP contribution in [0.3, 0.4) is 0 Å². The van der Waals surface area contributed by atoms with Crippen LogP contribution in [0.15, 0.2) is 65.6 Å². The van der Waals surface area contributed by atoms with Crippen LogP contribution in [0.4, 0.5) is 4.79 Å². The van der Waals surface area contributed by atoms with Crippen molar-refractivity contribution in [3.8, 4) is 11.5 Å². The molecule has 9 heteroatoms. The molecule has 0 radical (unpaired) electrons. The van der Waals surface area contributed by atoms with E-state index in [9.17, 15) is 14.4 Å². The Bertz CT molecular complexity index is 1390. The predicted molar refractivity (Wildman–Crippen MR) is 142 cm³/mol. The topological polar surface area (TPSA) is 72.9 Å². The summed E-state index contributed by atoms with van der Waals surface area (Å²) in [6, 6.07) is 17.2. The number of halogens is 2. The fourth-order valence-electron chi connectivity index (χ4n) is 3.55. The van der Waals surface area contributed by atoms with Gasteiger partial charge in [-0.1, -0.05) is 59.6 Å². The Morgan fingerprint density at radius 2 is 1.75 bits per heavy atom. The molecule has 0 atom stereocenters. The van der Waals surface area contributed by atoms with Crippen molar-refractivity contribution in [2.75, 3.05) is 6.61 Å². The number of imide groups is 1. The van der Waals surface area contributed by atoms with Crippen molar-refractivity contribution in [1.29, 1.82) is 0 Å². The third-order valence-corrected chi connectivity index (χ3v) is 6.90. The molecule has 3 aromatic carbocycles. The van der Waals surface area contributed by atoms with E-state index in [0.717, 1.165) is 22.9 Å². The zero-order valence-corrected chi connectivity index (χ0v) is 21.7. The van der Waals surface area contributed by atoms with Crippen LogP contribution in [-0.2, 0) is 11.3 Å². The summed E-state index contributed by atoms with van der Waals surface area (Å²) in [5, 5.41) is -0.00251. The molecule has 36 heavy (non-hydrogen) atoms. The highest BCUT2D eigenvalue weighted by molar-refractivity contribution is 8.18. The largest absolute Gasteiger partial charge is 0.490 e. The molecule has 6 nitrogen and oxygen atoms in total. The number of thioether (sulfide) groups is 1. The normalized spacial score (nSPS) is 14.4. The van der Waals surface area contributed by atoms with Crippen LogP contribution in [-0.4, -0.2) is 28.6 Å². The molecule has 0 spiro atoms. The number of esters is 1. The van der Waals surface area contributed by atoms with Crippen LogP contribution in [0.5, 0.6) is 11.5 Å². The standard InChI is InChI=1S/C27H21Cl2NO5S/c1-3-34-22-13-17(12-21(29)24(22)35-26(32)19-10-6-7-11-20(19)28)14-23-25(31)30(27(33)36-23)15-18-9-5-4-8-16(18)2/h4-14H,3,15H2,1-2H3/b23-14-. The molecule has 1 aliphatic heterocycles. The maximum Gasteiger partial charge on any atom is 0.345 e. The van der Waals surface area contributed by atoms with Crippen LogP contribution in [0.2, 0.25) is 10.0 Å². The fraction of sp³-hybridized carbons (Fsp3) is 0.148. The molecule has 0 saturated carbocycles. The van der Waals surface area contributed by atoms with Gasteiger partial charge >= 0.3 is 5.97 Å². The fourth-order valence-corrected chi connectivity index (χ4v) is 4.86. The number of benzene rings is 3. The third kappa shape index (κ3) is 5.59. The summed E-state index contributed by atoms with van der Waals surface area (Å²) in [4.78, 5) is 39.7. The molecule has 0 aromatic heterocycles. The molecule has 184 valence electrons. The first-order chi connectivity index (χ1) is 17.3. The minimum atomic E-state index is -0.687. The predicted octanol–water partition coefficient (Wildman–Crippen LogP) is 7.16. The number of carbonyl (C=O) groups excluding carboxylic acids is 3. The highest BCUT2D eigenvalue weighted by atomic mass is 35.5. The number of carbonyl (C=O) groups is 3. The first-order valence-corrected chi connectivity index (χ1v) is 12.6. The molecular weight excluding hydrogens is 521 g/mol. The Labute approximate surface area is 222 Å². The van der Waals surface area contributed by atoms with Gasteiger partial charge in [0.2, 0.25) is 0 Å². The SMILES string of the molecule is CCOc1cc(/C=C2\SC(=O)N(Cc3ccccc3C)C2=O)cc(Cl)c1OC(=O)c1ccccc1Cl. The molecule has 0 aliphatic carbocycles. The van der Waals surface area contributed by atoms with Gasteiger partial charge in [0, 0.05) is 0 Å². The molecular formula is C27H21Cl2NO5S. The highest BCUT2D eigenvalue weighted by Crippen LogP contribution is 2.40. The zero-order chi connectivity index (χ0) is 25.8. The summed E-state index contributed by atoms with van der Waals surface area (Å²) in [6.45, 7) is 4.18. The van der Waals surface area contributed by atoms with E-state index in [4.69, 9.17) is 32.7 Å². The molecule has 2 amide bonds.